The van der Waals surface area contributed by atoms with E-state index in [0.717, 1.165) is 5.92 Å². The van der Waals surface area contributed by atoms with Crippen LogP contribution in [0.25, 0.3) is 0 Å². The van der Waals surface area contributed by atoms with Gasteiger partial charge in [-0.25, -0.2) is 0 Å². The van der Waals surface area contributed by atoms with Gasteiger partial charge >= 0.3 is 0 Å². The van der Waals surface area contributed by atoms with Gasteiger partial charge in [0.1, 0.15) is 0 Å². The largest absolute Gasteiger partial charge is 0.0844 e. The first-order valence-electron chi connectivity index (χ1n) is 4.81. The van der Waals surface area contributed by atoms with Crippen molar-refractivity contribution in [1.82, 2.24) is 0 Å². The van der Waals surface area contributed by atoms with Crippen LogP contribution < -0.4 is 0 Å². The van der Waals surface area contributed by atoms with Crippen molar-refractivity contribution in [1.29, 1.82) is 0 Å². The molecule has 0 unspecified atom stereocenters. The van der Waals surface area contributed by atoms with E-state index in [1.165, 1.54) is 38.5 Å². The molecule has 0 bridgehead atoms. The van der Waals surface area contributed by atoms with E-state index < -0.39 is 0 Å². The molecule has 0 aliphatic heterocycles. The lowest BCUT2D eigenvalue weighted by Gasteiger charge is -2.14. The zero-order valence-corrected chi connectivity index (χ0v) is 7.05. The van der Waals surface area contributed by atoms with Crippen LogP contribution in [0.3, 0.4) is 0 Å². The molecule has 11 heavy (non-hydrogen) atoms. The molecule has 0 saturated heterocycles. The Morgan fingerprint density at radius 3 is 2.55 bits per heavy atom. The highest BCUT2D eigenvalue weighted by Crippen LogP contribution is 2.34. The highest BCUT2D eigenvalue weighted by Gasteiger charge is 2.18. The second kappa shape index (κ2) is 3.25. The highest BCUT2D eigenvalue weighted by atomic mass is 14.2. The van der Waals surface area contributed by atoms with Crippen molar-refractivity contribution >= 4 is 0 Å². The fraction of sp³-hybridized carbons (Fsp3) is 0.636. The summed E-state index contributed by atoms with van der Waals surface area (Å²) in [5.74, 6) is 0.958. The van der Waals surface area contributed by atoms with E-state index in [1.54, 1.807) is 5.57 Å². The van der Waals surface area contributed by atoms with E-state index in [2.05, 4.69) is 18.2 Å². The van der Waals surface area contributed by atoms with E-state index in [9.17, 15) is 0 Å². The average molecular weight is 148 g/mol. The molecular weight excluding hydrogens is 132 g/mol. The van der Waals surface area contributed by atoms with Crippen LogP contribution in [0.5, 0.6) is 0 Å². The molecule has 0 N–H and O–H groups in total. The Hall–Kier alpha value is -0.520. The van der Waals surface area contributed by atoms with E-state index in [-0.39, 0.29) is 0 Å². The van der Waals surface area contributed by atoms with Crippen LogP contribution in [0.2, 0.25) is 0 Å². The molecule has 2 aliphatic rings. The summed E-state index contributed by atoms with van der Waals surface area (Å²) in [5.41, 5.74) is 1.73. The summed E-state index contributed by atoms with van der Waals surface area (Å²) in [6.07, 6.45) is 15.3. The monoisotopic (exact) mass is 148 g/mol. The van der Waals surface area contributed by atoms with Crippen molar-refractivity contribution in [3.63, 3.8) is 0 Å². The third kappa shape index (κ3) is 1.55. The van der Waals surface area contributed by atoms with Crippen LogP contribution in [-0.2, 0) is 0 Å². The van der Waals surface area contributed by atoms with Crippen LogP contribution in [0.15, 0.2) is 23.8 Å². The Kier molecular flexibility index (Phi) is 2.11. The van der Waals surface area contributed by atoms with Crippen molar-refractivity contribution in [2.45, 2.75) is 38.5 Å². The van der Waals surface area contributed by atoms with E-state index in [1.807, 2.05) is 0 Å². The minimum atomic E-state index is 0.958. The molecule has 0 heterocycles. The zero-order chi connectivity index (χ0) is 7.52. The topological polar surface area (TPSA) is 0 Å². The van der Waals surface area contributed by atoms with Gasteiger partial charge in [-0.15, -0.1) is 0 Å². The molecule has 1 saturated carbocycles. The minimum Gasteiger partial charge on any atom is -0.0844 e. The van der Waals surface area contributed by atoms with E-state index in [4.69, 9.17) is 0 Å². The van der Waals surface area contributed by atoms with Crippen molar-refractivity contribution in [2.24, 2.45) is 5.92 Å². The standard InChI is InChI=1S/C11H16/c1-2-6-10(7-3-1)11-8-4-5-9-11/h1-2,7,11H,3-6,8-9H2. The number of allylic oxidation sites excluding steroid dienone is 4. The van der Waals surface area contributed by atoms with Gasteiger partial charge in [-0.05, 0) is 31.6 Å². The molecule has 1 fully saturated rings. The SMILES string of the molecule is C1=CCC(C2CCCC2)=CC1. The Balaban J connectivity index is 1.97. The van der Waals surface area contributed by atoms with Crippen molar-refractivity contribution in [3.8, 4) is 0 Å². The summed E-state index contributed by atoms with van der Waals surface area (Å²) in [4.78, 5) is 0. The summed E-state index contributed by atoms with van der Waals surface area (Å²) in [5, 5.41) is 0. The number of hydrogen-bond acceptors (Lipinski definition) is 0. The van der Waals surface area contributed by atoms with Gasteiger partial charge in [0, 0.05) is 0 Å². The highest BCUT2D eigenvalue weighted by molar-refractivity contribution is 5.18. The number of hydrogen-bond donors (Lipinski definition) is 0. The second-order valence-corrected chi connectivity index (χ2v) is 3.67. The molecule has 0 spiro atoms. The van der Waals surface area contributed by atoms with Crippen LogP contribution in [0.4, 0.5) is 0 Å². The molecule has 0 aromatic rings. The first-order valence-corrected chi connectivity index (χ1v) is 4.81. The molecule has 2 aliphatic carbocycles. The Labute approximate surface area is 69.0 Å². The van der Waals surface area contributed by atoms with E-state index >= 15 is 0 Å². The zero-order valence-electron chi connectivity index (χ0n) is 7.05. The molecule has 0 nitrogen and oxygen atoms in total. The van der Waals surface area contributed by atoms with E-state index in [0.29, 0.717) is 0 Å². The minimum absolute atomic E-state index is 0.958. The fourth-order valence-electron chi connectivity index (χ4n) is 2.25. The normalized spacial score (nSPS) is 25.6. The summed E-state index contributed by atoms with van der Waals surface area (Å²) in [6.45, 7) is 0. The van der Waals surface area contributed by atoms with Gasteiger partial charge in [-0.3, -0.25) is 0 Å². The Morgan fingerprint density at radius 1 is 1.09 bits per heavy atom. The molecular formula is C11H16. The van der Waals surface area contributed by atoms with Gasteiger partial charge in [0.05, 0.1) is 0 Å². The first-order chi connectivity index (χ1) is 5.47. The molecule has 0 aromatic heterocycles. The van der Waals surface area contributed by atoms with Crippen LogP contribution in [-0.4, -0.2) is 0 Å². The average Bonchev–Trinajstić information content (AvgIpc) is 2.58. The molecule has 0 amide bonds. The van der Waals surface area contributed by atoms with Crippen molar-refractivity contribution in [2.75, 3.05) is 0 Å². The maximum atomic E-state index is 2.44. The third-order valence-corrected chi connectivity index (χ3v) is 2.92. The maximum Gasteiger partial charge on any atom is -0.0136 e. The first kappa shape index (κ1) is 7.15. The van der Waals surface area contributed by atoms with Crippen LogP contribution in [0.1, 0.15) is 38.5 Å². The lowest BCUT2D eigenvalue weighted by atomic mass is 9.91. The van der Waals surface area contributed by atoms with Gasteiger partial charge in [0.15, 0.2) is 0 Å². The predicted octanol–water partition coefficient (Wildman–Crippen LogP) is 3.45. The maximum absolute atomic E-state index is 2.44. The quantitative estimate of drug-likeness (QED) is 0.499. The Morgan fingerprint density at radius 2 is 1.91 bits per heavy atom. The smallest absolute Gasteiger partial charge is 0.0136 e. The van der Waals surface area contributed by atoms with Crippen molar-refractivity contribution < 1.29 is 0 Å². The van der Waals surface area contributed by atoms with Gasteiger partial charge in [-0.2, -0.15) is 0 Å². The van der Waals surface area contributed by atoms with Crippen LogP contribution >= 0.6 is 0 Å². The number of rotatable bonds is 1. The Bertz CT molecular complexity index is 180. The summed E-state index contributed by atoms with van der Waals surface area (Å²) in [7, 11) is 0. The predicted molar refractivity (Wildman–Crippen MR) is 48.4 cm³/mol. The van der Waals surface area contributed by atoms with Crippen LogP contribution in [0, 0.1) is 5.92 Å². The van der Waals surface area contributed by atoms with Gasteiger partial charge in [0.25, 0.3) is 0 Å². The van der Waals surface area contributed by atoms with Gasteiger partial charge < -0.3 is 0 Å². The fourth-order valence-corrected chi connectivity index (χ4v) is 2.25. The summed E-state index contributed by atoms with van der Waals surface area (Å²) < 4.78 is 0. The molecule has 0 radical (unpaired) electrons. The molecule has 60 valence electrons. The lowest BCUT2D eigenvalue weighted by molar-refractivity contribution is 0.624. The third-order valence-electron chi connectivity index (χ3n) is 2.92. The molecule has 2 rings (SSSR count). The second-order valence-electron chi connectivity index (χ2n) is 3.67. The van der Waals surface area contributed by atoms with Gasteiger partial charge in [-0.1, -0.05) is 36.6 Å². The summed E-state index contributed by atoms with van der Waals surface area (Å²) >= 11 is 0. The lowest BCUT2D eigenvalue weighted by Crippen LogP contribution is -1.99. The molecule has 0 aromatic carbocycles. The van der Waals surface area contributed by atoms with Gasteiger partial charge in [0.2, 0.25) is 0 Å². The summed E-state index contributed by atoms with van der Waals surface area (Å²) in [6, 6.07) is 0. The van der Waals surface area contributed by atoms with Crippen molar-refractivity contribution in [3.05, 3.63) is 23.8 Å². The molecule has 0 heteroatoms. The molecule has 0 atom stereocenters.